The van der Waals surface area contributed by atoms with E-state index in [4.69, 9.17) is 0 Å². The number of halogens is 1. The zero-order chi connectivity index (χ0) is 17.6. The second-order valence-electron chi connectivity index (χ2n) is 5.69. The molecule has 0 spiro atoms. The monoisotopic (exact) mass is 335 g/mol. The van der Waals surface area contributed by atoms with Crippen LogP contribution in [0.3, 0.4) is 0 Å². The third-order valence-corrected chi connectivity index (χ3v) is 3.97. The van der Waals surface area contributed by atoms with Crippen LogP contribution >= 0.6 is 0 Å². The van der Waals surface area contributed by atoms with Gasteiger partial charge in [-0.25, -0.2) is 4.39 Å². The van der Waals surface area contributed by atoms with E-state index in [1.165, 1.54) is 24.3 Å². The van der Waals surface area contributed by atoms with Gasteiger partial charge in [0.15, 0.2) is 0 Å². The van der Waals surface area contributed by atoms with E-state index in [1.807, 2.05) is 42.5 Å². The highest BCUT2D eigenvalue weighted by Gasteiger charge is 2.14. The summed E-state index contributed by atoms with van der Waals surface area (Å²) in [5.74, 6) is -0.627. The number of aliphatic hydroxyl groups excluding tert-OH is 1. The molecule has 126 valence electrons. The van der Waals surface area contributed by atoms with Crippen LogP contribution in [-0.2, 0) is 0 Å². The zero-order valence-corrected chi connectivity index (χ0v) is 13.5. The summed E-state index contributed by atoms with van der Waals surface area (Å²) in [6.07, 6.45) is -0.895. The molecule has 0 aliphatic rings. The Kier molecular flexibility index (Phi) is 5.21. The second-order valence-corrected chi connectivity index (χ2v) is 5.69. The van der Waals surface area contributed by atoms with Crippen molar-refractivity contribution in [3.63, 3.8) is 0 Å². The van der Waals surface area contributed by atoms with E-state index in [-0.39, 0.29) is 18.3 Å². The standard InChI is InChI=1S/C21H18FNO2/c22-17-12-10-16(11-13-17)20(24)14-23-21(25)19-9-5-4-8-18(19)15-6-2-1-3-7-15/h1-13,20,24H,14H2,(H,23,25). The molecule has 1 atom stereocenters. The number of benzene rings is 3. The number of nitrogens with one attached hydrogen (secondary N) is 1. The molecule has 0 aliphatic heterocycles. The Morgan fingerprint density at radius 3 is 2.28 bits per heavy atom. The number of hydrogen-bond donors (Lipinski definition) is 2. The van der Waals surface area contributed by atoms with Crippen molar-refractivity contribution in [3.8, 4) is 11.1 Å². The van der Waals surface area contributed by atoms with Gasteiger partial charge in [-0.1, -0.05) is 60.7 Å². The quantitative estimate of drug-likeness (QED) is 0.741. The van der Waals surface area contributed by atoms with Gasteiger partial charge in [0.1, 0.15) is 5.82 Å². The first-order valence-electron chi connectivity index (χ1n) is 8.01. The summed E-state index contributed by atoms with van der Waals surface area (Å²) in [5, 5.41) is 12.9. The summed E-state index contributed by atoms with van der Waals surface area (Å²) >= 11 is 0. The van der Waals surface area contributed by atoms with Crippen LogP contribution in [0.25, 0.3) is 11.1 Å². The third-order valence-electron chi connectivity index (χ3n) is 3.97. The Bertz CT molecular complexity index is 847. The van der Waals surface area contributed by atoms with Crippen molar-refractivity contribution in [1.82, 2.24) is 5.32 Å². The summed E-state index contributed by atoms with van der Waals surface area (Å²) in [7, 11) is 0. The number of rotatable bonds is 5. The van der Waals surface area contributed by atoms with Crippen molar-refractivity contribution in [2.75, 3.05) is 6.54 Å². The summed E-state index contributed by atoms with van der Waals surface area (Å²) in [4.78, 5) is 12.5. The van der Waals surface area contributed by atoms with Crippen LogP contribution in [0, 0.1) is 5.82 Å². The van der Waals surface area contributed by atoms with Gasteiger partial charge in [-0.3, -0.25) is 4.79 Å². The highest BCUT2D eigenvalue weighted by atomic mass is 19.1. The first-order chi connectivity index (χ1) is 12.1. The van der Waals surface area contributed by atoms with Crippen molar-refractivity contribution in [1.29, 1.82) is 0 Å². The lowest BCUT2D eigenvalue weighted by molar-refractivity contribution is 0.0917. The highest BCUT2D eigenvalue weighted by Crippen LogP contribution is 2.23. The fourth-order valence-electron chi connectivity index (χ4n) is 2.64. The van der Waals surface area contributed by atoms with Gasteiger partial charge in [-0.2, -0.15) is 0 Å². The maximum absolute atomic E-state index is 12.9. The minimum atomic E-state index is -0.895. The Morgan fingerprint density at radius 2 is 1.56 bits per heavy atom. The average molecular weight is 335 g/mol. The van der Waals surface area contributed by atoms with Crippen molar-refractivity contribution in [2.24, 2.45) is 0 Å². The predicted octanol–water partition coefficient (Wildman–Crippen LogP) is 3.96. The molecule has 4 heteroatoms. The van der Waals surface area contributed by atoms with Crippen LogP contribution in [-0.4, -0.2) is 17.6 Å². The molecular weight excluding hydrogens is 317 g/mol. The van der Waals surface area contributed by atoms with Crippen LogP contribution < -0.4 is 5.32 Å². The summed E-state index contributed by atoms with van der Waals surface area (Å²) in [6, 6.07) is 22.5. The molecule has 0 saturated carbocycles. The van der Waals surface area contributed by atoms with Gasteiger partial charge in [0, 0.05) is 12.1 Å². The van der Waals surface area contributed by atoms with E-state index in [1.54, 1.807) is 12.1 Å². The fraction of sp³-hybridized carbons (Fsp3) is 0.0952. The van der Waals surface area contributed by atoms with Crippen LogP contribution in [0.15, 0.2) is 78.9 Å². The molecule has 3 aromatic rings. The Labute approximate surface area is 145 Å². The molecule has 3 aromatic carbocycles. The lowest BCUT2D eigenvalue weighted by Crippen LogP contribution is -2.28. The van der Waals surface area contributed by atoms with E-state index in [0.717, 1.165) is 11.1 Å². The number of hydrogen-bond acceptors (Lipinski definition) is 2. The first kappa shape index (κ1) is 16.9. The molecular formula is C21H18FNO2. The topological polar surface area (TPSA) is 49.3 Å². The minimum Gasteiger partial charge on any atom is -0.387 e. The minimum absolute atomic E-state index is 0.0492. The molecule has 0 aromatic heterocycles. The lowest BCUT2D eigenvalue weighted by atomic mass is 9.99. The molecule has 0 saturated heterocycles. The molecule has 2 N–H and O–H groups in total. The molecule has 1 amide bonds. The smallest absolute Gasteiger partial charge is 0.252 e. The number of carbonyl (C=O) groups excluding carboxylic acids is 1. The van der Waals surface area contributed by atoms with Crippen molar-refractivity contribution < 1.29 is 14.3 Å². The van der Waals surface area contributed by atoms with Gasteiger partial charge in [0.2, 0.25) is 0 Å². The molecule has 3 nitrogen and oxygen atoms in total. The average Bonchev–Trinajstić information content (AvgIpc) is 2.67. The molecule has 0 radical (unpaired) electrons. The second kappa shape index (κ2) is 7.73. The van der Waals surface area contributed by atoms with Crippen molar-refractivity contribution in [2.45, 2.75) is 6.10 Å². The lowest BCUT2D eigenvalue weighted by Gasteiger charge is -2.14. The SMILES string of the molecule is O=C(NCC(O)c1ccc(F)cc1)c1ccccc1-c1ccccc1. The third kappa shape index (κ3) is 4.11. The molecule has 1 unspecified atom stereocenters. The number of amides is 1. The van der Waals surface area contributed by atoms with E-state index < -0.39 is 6.10 Å². The maximum atomic E-state index is 12.9. The largest absolute Gasteiger partial charge is 0.387 e. The molecule has 0 aliphatic carbocycles. The van der Waals surface area contributed by atoms with E-state index >= 15 is 0 Å². The van der Waals surface area contributed by atoms with Crippen LogP contribution in [0.1, 0.15) is 22.0 Å². The van der Waals surface area contributed by atoms with Crippen LogP contribution in [0.5, 0.6) is 0 Å². The molecule has 0 heterocycles. The van der Waals surface area contributed by atoms with E-state index in [2.05, 4.69) is 5.32 Å². The number of aliphatic hydroxyl groups is 1. The van der Waals surface area contributed by atoms with Gasteiger partial charge < -0.3 is 10.4 Å². The summed E-state index contributed by atoms with van der Waals surface area (Å²) in [6.45, 7) is 0.0492. The molecule has 0 fully saturated rings. The fourth-order valence-corrected chi connectivity index (χ4v) is 2.64. The van der Waals surface area contributed by atoms with Gasteiger partial charge >= 0.3 is 0 Å². The van der Waals surface area contributed by atoms with E-state index in [0.29, 0.717) is 11.1 Å². The van der Waals surface area contributed by atoms with Gasteiger partial charge in [-0.15, -0.1) is 0 Å². The van der Waals surface area contributed by atoms with Gasteiger partial charge in [0.25, 0.3) is 5.91 Å². The maximum Gasteiger partial charge on any atom is 0.252 e. The number of carbonyl (C=O) groups is 1. The highest BCUT2D eigenvalue weighted by molar-refractivity contribution is 6.00. The Hall–Kier alpha value is -2.98. The van der Waals surface area contributed by atoms with Crippen molar-refractivity contribution >= 4 is 5.91 Å². The van der Waals surface area contributed by atoms with Crippen LogP contribution in [0.2, 0.25) is 0 Å². The predicted molar refractivity (Wildman–Crippen MR) is 95.6 cm³/mol. The summed E-state index contributed by atoms with van der Waals surface area (Å²) in [5.41, 5.74) is 2.88. The van der Waals surface area contributed by atoms with Gasteiger partial charge in [0.05, 0.1) is 6.10 Å². The first-order valence-corrected chi connectivity index (χ1v) is 8.01. The molecule has 0 bridgehead atoms. The van der Waals surface area contributed by atoms with Crippen LogP contribution in [0.4, 0.5) is 4.39 Å². The van der Waals surface area contributed by atoms with E-state index in [9.17, 15) is 14.3 Å². The summed E-state index contributed by atoms with van der Waals surface area (Å²) < 4.78 is 12.9. The normalized spacial score (nSPS) is 11.8. The zero-order valence-electron chi connectivity index (χ0n) is 13.5. The Balaban J connectivity index is 1.73. The molecule has 3 rings (SSSR count). The van der Waals surface area contributed by atoms with Crippen molar-refractivity contribution in [3.05, 3.63) is 95.8 Å². The Morgan fingerprint density at radius 1 is 0.920 bits per heavy atom. The van der Waals surface area contributed by atoms with Gasteiger partial charge in [-0.05, 0) is 34.9 Å². The molecule has 25 heavy (non-hydrogen) atoms.